The number of nitrogens with zero attached hydrogens (tertiary/aromatic N) is 1. The summed E-state index contributed by atoms with van der Waals surface area (Å²) in [6, 6.07) is 12.1. The zero-order valence-corrected chi connectivity index (χ0v) is 15.0. The van der Waals surface area contributed by atoms with E-state index in [1.165, 1.54) is 0 Å². The van der Waals surface area contributed by atoms with Gasteiger partial charge in [0.15, 0.2) is 0 Å². The number of methoxy groups -OCH3 is 1. The molecule has 1 aliphatic heterocycles. The van der Waals surface area contributed by atoms with Gasteiger partial charge in [0.1, 0.15) is 9.45 Å². The van der Waals surface area contributed by atoms with Crippen molar-refractivity contribution < 1.29 is 9.53 Å². The predicted molar refractivity (Wildman–Crippen MR) is 99.5 cm³/mol. The Labute approximate surface area is 151 Å². The van der Waals surface area contributed by atoms with Crippen LogP contribution >= 0.6 is 22.6 Å². The Bertz CT molecular complexity index is 1010. The molecule has 2 aromatic carbocycles. The van der Waals surface area contributed by atoms with Gasteiger partial charge in [-0.3, -0.25) is 9.89 Å². The molecule has 1 saturated carbocycles. The van der Waals surface area contributed by atoms with Gasteiger partial charge in [-0.15, -0.1) is 0 Å². The molecule has 2 heterocycles. The smallest absolute Gasteiger partial charge is 0.235 e. The fourth-order valence-electron chi connectivity index (χ4n) is 3.91. The zero-order chi connectivity index (χ0) is 16.5. The van der Waals surface area contributed by atoms with Crippen LogP contribution in [0.2, 0.25) is 0 Å². The van der Waals surface area contributed by atoms with Gasteiger partial charge in [0.05, 0.1) is 18.0 Å². The van der Waals surface area contributed by atoms with E-state index in [9.17, 15) is 4.79 Å². The molecule has 6 heteroatoms. The average molecular weight is 431 g/mol. The summed E-state index contributed by atoms with van der Waals surface area (Å²) in [6.07, 6.45) is 0.825. The minimum Gasteiger partial charge on any atom is -0.497 e. The number of fused-ring (bicyclic) bond motifs is 3. The summed E-state index contributed by atoms with van der Waals surface area (Å²) < 4.78 is 6.38. The Balaban J connectivity index is 1.60. The molecular formula is C18H14IN3O2. The number of aromatic amines is 1. The number of anilines is 1. The number of hydrogen-bond donors (Lipinski definition) is 2. The molecule has 3 aromatic rings. The van der Waals surface area contributed by atoms with Crippen molar-refractivity contribution in [2.75, 3.05) is 12.4 Å². The van der Waals surface area contributed by atoms with Crippen LogP contribution in [-0.2, 0) is 10.2 Å². The number of carbonyl (C=O) groups is 1. The molecule has 1 aliphatic carbocycles. The number of benzene rings is 2. The van der Waals surface area contributed by atoms with E-state index in [4.69, 9.17) is 4.74 Å². The van der Waals surface area contributed by atoms with Crippen molar-refractivity contribution in [3.8, 4) is 5.75 Å². The summed E-state index contributed by atoms with van der Waals surface area (Å²) in [7, 11) is 1.65. The van der Waals surface area contributed by atoms with Crippen LogP contribution in [0.3, 0.4) is 0 Å². The maximum absolute atomic E-state index is 12.7. The maximum atomic E-state index is 12.7. The minimum absolute atomic E-state index is 0.0902. The highest BCUT2D eigenvalue weighted by Crippen LogP contribution is 2.65. The molecule has 5 nitrogen and oxygen atoms in total. The number of amides is 1. The van der Waals surface area contributed by atoms with E-state index < -0.39 is 5.41 Å². The largest absolute Gasteiger partial charge is 0.497 e. The molecule has 5 rings (SSSR count). The lowest BCUT2D eigenvalue weighted by molar-refractivity contribution is -0.118. The van der Waals surface area contributed by atoms with Crippen molar-refractivity contribution in [3.05, 3.63) is 51.2 Å². The molecule has 1 aromatic heterocycles. The molecule has 2 atom stereocenters. The van der Waals surface area contributed by atoms with Crippen molar-refractivity contribution in [1.82, 2.24) is 10.2 Å². The molecule has 24 heavy (non-hydrogen) atoms. The van der Waals surface area contributed by atoms with E-state index in [1.807, 2.05) is 18.2 Å². The summed E-state index contributed by atoms with van der Waals surface area (Å²) >= 11 is 2.24. The van der Waals surface area contributed by atoms with Gasteiger partial charge in [0, 0.05) is 17.0 Å². The number of carbonyl (C=O) groups excluding carboxylic acids is 1. The fraction of sp³-hybridized carbons (Fsp3) is 0.222. The highest BCUT2D eigenvalue weighted by Gasteiger charge is 2.65. The van der Waals surface area contributed by atoms with Crippen molar-refractivity contribution in [1.29, 1.82) is 0 Å². The first-order valence-corrected chi connectivity index (χ1v) is 8.85. The third-order valence-corrected chi connectivity index (χ3v) is 6.08. The monoisotopic (exact) mass is 431 g/mol. The number of ether oxygens (including phenoxy) is 1. The van der Waals surface area contributed by atoms with Gasteiger partial charge in [-0.2, -0.15) is 5.10 Å². The lowest BCUT2D eigenvalue weighted by atomic mass is 9.91. The highest BCUT2D eigenvalue weighted by molar-refractivity contribution is 14.1. The molecule has 0 bridgehead atoms. The van der Waals surface area contributed by atoms with Crippen LogP contribution in [0.4, 0.5) is 5.69 Å². The highest BCUT2D eigenvalue weighted by atomic mass is 127. The lowest BCUT2D eigenvalue weighted by Crippen LogP contribution is -2.21. The second kappa shape index (κ2) is 4.72. The van der Waals surface area contributed by atoms with Gasteiger partial charge in [-0.1, -0.05) is 6.07 Å². The van der Waals surface area contributed by atoms with Gasteiger partial charge in [-0.05, 0) is 70.5 Å². The van der Waals surface area contributed by atoms with Crippen molar-refractivity contribution in [3.63, 3.8) is 0 Å². The lowest BCUT2D eigenvalue weighted by Gasteiger charge is -2.10. The maximum Gasteiger partial charge on any atom is 0.235 e. The minimum atomic E-state index is -0.457. The number of nitrogens with one attached hydrogen (secondary N) is 2. The van der Waals surface area contributed by atoms with Crippen LogP contribution in [0.5, 0.6) is 5.75 Å². The van der Waals surface area contributed by atoms with Crippen LogP contribution in [0.15, 0.2) is 36.4 Å². The Morgan fingerprint density at radius 2 is 2.17 bits per heavy atom. The van der Waals surface area contributed by atoms with Gasteiger partial charge < -0.3 is 10.1 Å². The predicted octanol–water partition coefficient (Wildman–Crippen LogP) is 3.55. The Morgan fingerprint density at radius 3 is 3.00 bits per heavy atom. The van der Waals surface area contributed by atoms with Crippen LogP contribution in [0, 0.1) is 3.70 Å². The summed E-state index contributed by atoms with van der Waals surface area (Å²) in [5.41, 5.74) is 3.60. The first kappa shape index (κ1) is 14.3. The summed E-state index contributed by atoms with van der Waals surface area (Å²) in [6.45, 7) is 0. The fourth-order valence-corrected chi connectivity index (χ4v) is 4.49. The van der Waals surface area contributed by atoms with Gasteiger partial charge in [0.25, 0.3) is 0 Å². The molecule has 1 unspecified atom stereocenters. The van der Waals surface area contributed by atoms with E-state index in [-0.39, 0.29) is 11.8 Å². The van der Waals surface area contributed by atoms with Crippen molar-refractivity contribution >= 4 is 45.1 Å². The number of H-pyrrole nitrogens is 1. The molecule has 120 valence electrons. The van der Waals surface area contributed by atoms with Gasteiger partial charge in [-0.25, -0.2) is 0 Å². The second-order valence-corrected chi connectivity index (χ2v) is 7.49. The number of hydrogen-bond acceptors (Lipinski definition) is 3. The van der Waals surface area contributed by atoms with E-state index in [0.717, 1.165) is 43.6 Å². The van der Waals surface area contributed by atoms with Crippen LogP contribution in [0.25, 0.3) is 10.9 Å². The molecule has 1 amide bonds. The molecule has 1 spiro atoms. The van der Waals surface area contributed by atoms with Gasteiger partial charge >= 0.3 is 0 Å². The van der Waals surface area contributed by atoms with E-state index in [2.05, 4.69) is 56.3 Å². The standard InChI is InChI=1S/C18H14IN3O2/c1-24-10-3-5-14-12(7-10)18(17(23)20-14)8-13(18)9-2-4-11-15(6-9)21-22-16(11)19/h2-7,13H,8H2,1H3,(H,20,23)(H,21,22)/t13?,18-/m0/s1. The van der Waals surface area contributed by atoms with E-state index in [0.29, 0.717) is 0 Å². The van der Waals surface area contributed by atoms with Crippen LogP contribution in [-0.4, -0.2) is 23.2 Å². The number of aromatic nitrogens is 2. The molecular weight excluding hydrogens is 417 g/mol. The normalized spacial score (nSPS) is 24.2. The quantitative estimate of drug-likeness (QED) is 0.610. The topological polar surface area (TPSA) is 67.0 Å². The molecule has 1 fully saturated rings. The van der Waals surface area contributed by atoms with Crippen LogP contribution in [0.1, 0.15) is 23.5 Å². The molecule has 2 aliphatic rings. The molecule has 0 saturated heterocycles. The summed E-state index contributed by atoms with van der Waals surface area (Å²) in [4.78, 5) is 12.7. The molecule has 0 radical (unpaired) electrons. The Kier molecular flexibility index (Phi) is 2.81. The number of rotatable bonds is 2. The Hall–Kier alpha value is -2.09. The average Bonchev–Trinajstić information content (AvgIpc) is 3.17. The van der Waals surface area contributed by atoms with E-state index in [1.54, 1.807) is 7.11 Å². The first-order valence-electron chi connectivity index (χ1n) is 7.77. The summed E-state index contributed by atoms with van der Waals surface area (Å²) in [5.74, 6) is 1.06. The zero-order valence-electron chi connectivity index (χ0n) is 12.9. The SMILES string of the molecule is COc1ccc2c(c1)[C@]1(CC1c1ccc3c(I)[nH]nc3c1)C(=O)N2. The van der Waals surface area contributed by atoms with Gasteiger partial charge in [0.2, 0.25) is 5.91 Å². The van der Waals surface area contributed by atoms with Crippen LogP contribution < -0.4 is 10.1 Å². The number of halogens is 1. The third kappa shape index (κ3) is 1.74. The first-order chi connectivity index (χ1) is 11.6. The third-order valence-electron chi connectivity index (χ3n) is 5.26. The summed E-state index contributed by atoms with van der Waals surface area (Å²) in [5, 5.41) is 11.5. The Morgan fingerprint density at radius 1 is 1.29 bits per heavy atom. The van der Waals surface area contributed by atoms with E-state index >= 15 is 0 Å². The van der Waals surface area contributed by atoms with Crippen molar-refractivity contribution in [2.45, 2.75) is 17.8 Å². The molecule has 2 N–H and O–H groups in total. The van der Waals surface area contributed by atoms with Crippen molar-refractivity contribution in [2.24, 2.45) is 0 Å². The second-order valence-electron chi connectivity index (χ2n) is 6.41.